The molecule has 14 heteroatoms. The van der Waals surface area contributed by atoms with Crippen molar-refractivity contribution >= 4 is 35.7 Å². The summed E-state index contributed by atoms with van der Waals surface area (Å²) in [5.41, 5.74) is 8.14. The van der Waals surface area contributed by atoms with Crippen molar-refractivity contribution in [3.8, 4) is 0 Å². The van der Waals surface area contributed by atoms with Gasteiger partial charge in [0.05, 0.1) is 25.3 Å². The van der Waals surface area contributed by atoms with Crippen molar-refractivity contribution in [3.63, 3.8) is 0 Å². The molecule has 4 unspecified atom stereocenters. The number of amides is 5. The first-order valence-corrected chi connectivity index (χ1v) is 19.6. The average Bonchev–Trinajstić information content (AvgIpc) is 3.20. The molecule has 7 atom stereocenters. The summed E-state index contributed by atoms with van der Waals surface area (Å²) < 4.78 is 10.3. The van der Waals surface area contributed by atoms with E-state index >= 15 is 0 Å². The van der Waals surface area contributed by atoms with E-state index in [0.29, 0.717) is 10.5 Å². The van der Waals surface area contributed by atoms with Crippen LogP contribution in [0.25, 0.3) is 0 Å². The minimum absolute atomic E-state index is 0.119. The lowest BCUT2D eigenvalue weighted by molar-refractivity contribution is -0.146. The Kier molecular flexibility index (Phi) is 18.5. The zero-order valence-corrected chi connectivity index (χ0v) is 34.4. The molecule has 3 aromatic carbocycles. The van der Waals surface area contributed by atoms with E-state index in [1.807, 2.05) is 60.7 Å². The van der Waals surface area contributed by atoms with Crippen molar-refractivity contribution in [2.75, 3.05) is 7.11 Å². The second-order valence-electron chi connectivity index (χ2n) is 15.2. The lowest BCUT2D eigenvalue weighted by Crippen LogP contribution is -2.58. The van der Waals surface area contributed by atoms with Crippen LogP contribution in [-0.4, -0.2) is 89.1 Å². The van der Waals surface area contributed by atoms with Crippen molar-refractivity contribution in [2.24, 2.45) is 23.5 Å². The number of hydrogen-bond acceptors (Lipinski definition) is 10. The van der Waals surface area contributed by atoms with Gasteiger partial charge in [-0.15, -0.1) is 0 Å². The summed E-state index contributed by atoms with van der Waals surface area (Å²) in [4.78, 5) is 81.1. The number of imide groups is 1. The van der Waals surface area contributed by atoms with Gasteiger partial charge in [-0.3, -0.25) is 19.2 Å². The number of carbonyl (C=O) groups is 6. The third kappa shape index (κ3) is 14.1. The van der Waals surface area contributed by atoms with E-state index < -0.39 is 77.9 Å². The number of ether oxygens (including phenoxy) is 2. The van der Waals surface area contributed by atoms with Crippen molar-refractivity contribution in [1.29, 1.82) is 0 Å². The van der Waals surface area contributed by atoms with Gasteiger partial charge < -0.3 is 36.3 Å². The Labute approximate surface area is 341 Å². The van der Waals surface area contributed by atoms with Crippen LogP contribution in [0.15, 0.2) is 91.0 Å². The Hall–Kier alpha value is -5.60. The summed E-state index contributed by atoms with van der Waals surface area (Å²) in [6, 6.07) is 21.6. The molecular weight excluding hydrogens is 743 g/mol. The lowest BCUT2D eigenvalue weighted by atomic mass is 9.84. The number of rotatable bonds is 20. The third-order valence-corrected chi connectivity index (χ3v) is 9.79. The van der Waals surface area contributed by atoms with E-state index in [4.69, 9.17) is 15.2 Å². The highest BCUT2D eigenvalue weighted by Crippen LogP contribution is 2.23. The molecule has 0 radical (unpaired) electrons. The molecule has 314 valence electrons. The zero-order valence-electron chi connectivity index (χ0n) is 34.4. The fraction of sp³-hybridized carbons (Fsp3) is 0.455. The predicted molar refractivity (Wildman–Crippen MR) is 218 cm³/mol. The van der Waals surface area contributed by atoms with Crippen molar-refractivity contribution in [1.82, 2.24) is 20.9 Å². The lowest BCUT2D eigenvalue weighted by Gasteiger charge is -2.34. The Morgan fingerprint density at radius 1 is 0.672 bits per heavy atom. The molecule has 0 aliphatic heterocycles. The molecule has 0 aliphatic rings. The molecule has 0 bridgehead atoms. The predicted octanol–water partition coefficient (Wildman–Crippen LogP) is 3.68. The van der Waals surface area contributed by atoms with Crippen LogP contribution in [0.5, 0.6) is 0 Å². The quantitative estimate of drug-likeness (QED) is 0.105. The van der Waals surface area contributed by atoms with E-state index in [9.17, 15) is 33.9 Å². The van der Waals surface area contributed by atoms with Gasteiger partial charge >= 0.3 is 12.1 Å². The number of aliphatic hydroxyl groups excluding tert-OH is 1. The van der Waals surface area contributed by atoms with Gasteiger partial charge in [-0.1, -0.05) is 119 Å². The smallest absolute Gasteiger partial charge is 0.417 e. The molecule has 3 aromatic rings. The van der Waals surface area contributed by atoms with Crippen LogP contribution in [-0.2, 0) is 52.9 Å². The Morgan fingerprint density at radius 2 is 1.17 bits per heavy atom. The van der Waals surface area contributed by atoms with Gasteiger partial charge in [0, 0.05) is 6.42 Å². The van der Waals surface area contributed by atoms with Gasteiger partial charge in [-0.25, -0.2) is 14.5 Å². The second-order valence-corrected chi connectivity index (χ2v) is 15.2. The highest BCUT2D eigenvalue weighted by atomic mass is 16.6. The van der Waals surface area contributed by atoms with Crippen LogP contribution in [0.1, 0.15) is 64.7 Å². The molecule has 0 spiro atoms. The minimum atomic E-state index is -1.41. The highest BCUT2D eigenvalue weighted by Gasteiger charge is 2.38. The summed E-state index contributed by atoms with van der Waals surface area (Å²) in [7, 11) is 1.23. The summed E-state index contributed by atoms with van der Waals surface area (Å²) in [6.45, 7) is 9.63. The molecule has 0 fully saturated rings. The van der Waals surface area contributed by atoms with Crippen LogP contribution in [0.4, 0.5) is 4.79 Å². The molecule has 0 aromatic heterocycles. The van der Waals surface area contributed by atoms with Gasteiger partial charge in [-0.2, -0.15) is 0 Å². The van der Waals surface area contributed by atoms with E-state index in [0.717, 1.165) is 11.1 Å². The average molecular weight is 802 g/mol. The fourth-order valence-corrected chi connectivity index (χ4v) is 6.43. The maximum absolute atomic E-state index is 14.1. The number of aliphatic hydroxyl groups is 1. The first kappa shape index (κ1) is 46.8. The molecule has 6 N–H and O–H groups in total. The number of benzene rings is 3. The van der Waals surface area contributed by atoms with Gasteiger partial charge in [0.15, 0.2) is 0 Å². The monoisotopic (exact) mass is 801 g/mol. The number of carbonyl (C=O) groups excluding carboxylic acids is 6. The number of hydrogen-bond donors (Lipinski definition) is 5. The largest absolute Gasteiger partial charge is 0.467 e. The zero-order chi connectivity index (χ0) is 42.9. The maximum atomic E-state index is 14.1. The molecule has 3 rings (SSSR count). The molecule has 0 saturated heterocycles. The Balaban J connectivity index is 1.93. The third-order valence-electron chi connectivity index (χ3n) is 9.79. The maximum Gasteiger partial charge on any atom is 0.417 e. The number of nitrogens with one attached hydrogen (secondary N) is 3. The number of methoxy groups -OCH3 is 1. The summed E-state index contributed by atoms with van der Waals surface area (Å²) in [5, 5.41) is 20.6. The molecule has 14 nitrogen and oxygen atoms in total. The van der Waals surface area contributed by atoms with E-state index in [1.54, 1.807) is 58.0 Å². The van der Waals surface area contributed by atoms with Crippen molar-refractivity contribution < 1.29 is 43.3 Å². The van der Waals surface area contributed by atoms with Crippen LogP contribution < -0.4 is 21.7 Å². The van der Waals surface area contributed by atoms with Crippen molar-refractivity contribution in [2.45, 2.75) is 104 Å². The molecule has 0 saturated carbocycles. The summed E-state index contributed by atoms with van der Waals surface area (Å²) >= 11 is 0. The first-order chi connectivity index (χ1) is 27.5. The summed E-state index contributed by atoms with van der Waals surface area (Å²) in [5.74, 6) is -4.79. The van der Waals surface area contributed by atoms with Gasteiger partial charge in [0.2, 0.25) is 23.6 Å². The molecule has 0 aliphatic carbocycles. The van der Waals surface area contributed by atoms with Crippen LogP contribution in [0, 0.1) is 17.8 Å². The number of nitrogens with zero attached hydrogens (tertiary/aromatic N) is 1. The highest BCUT2D eigenvalue weighted by molar-refractivity contribution is 6.00. The van der Waals surface area contributed by atoms with Crippen LogP contribution in [0.3, 0.4) is 0 Å². The van der Waals surface area contributed by atoms with Gasteiger partial charge in [0.1, 0.15) is 24.7 Å². The molecular formula is C44H59N5O9. The SMILES string of the molecule is COC(=O)C(NC(=O)C(NC(=O)CC(Cc1ccccc1)C(O)[C@H](Cc1ccccc1)NC(=O)[C@H](C)N(C(=O)OCc1ccccc1)C(=O)[C@H](C)N)C(C)C)C(C)C. The van der Waals surface area contributed by atoms with E-state index in [1.165, 1.54) is 21.0 Å². The molecule has 58 heavy (non-hydrogen) atoms. The number of esters is 1. The van der Waals surface area contributed by atoms with Crippen LogP contribution >= 0.6 is 0 Å². The summed E-state index contributed by atoms with van der Waals surface area (Å²) in [6.07, 6.45) is -2.35. The second kappa shape index (κ2) is 23.0. The van der Waals surface area contributed by atoms with Crippen LogP contribution in [0.2, 0.25) is 0 Å². The first-order valence-electron chi connectivity index (χ1n) is 19.6. The topological polar surface area (TPSA) is 206 Å². The number of nitrogens with two attached hydrogens (primary N) is 1. The standard InChI is InChI=1S/C44H59N5O9/c1-27(2)37(41(53)48-38(28(3)4)43(55)57-7)47-36(50)25-34(23-31-17-11-8-12-18-31)39(51)35(24-32-19-13-9-14-20-32)46-40(52)30(6)49(42(54)29(5)45)44(56)58-26-33-21-15-10-16-22-33/h8-22,27-30,34-35,37-39,51H,23-26,45H2,1-7H3,(H,46,52)(H,47,50)(H,48,53)/t29-,30-,34?,35-,37?,38?,39?/m0/s1. The molecule has 0 heterocycles. The van der Waals surface area contributed by atoms with Crippen molar-refractivity contribution in [3.05, 3.63) is 108 Å². The fourth-order valence-electron chi connectivity index (χ4n) is 6.43. The Bertz CT molecular complexity index is 1790. The van der Waals surface area contributed by atoms with E-state index in [-0.39, 0.29) is 37.7 Å². The van der Waals surface area contributed by atoms with E-state index in [2.05, 4.69) is 16.0 Å². The Morgan fingerprint density at radius 3 is 1.66 bits per heavy atom. The normalized spacial score (nSPS) is 14.8. The molecule has 5 amide bonds. The van der Waals surface area contributed by atoms with Gasteiger partial charge in [0.25, 0.3) is 0 Å². The minimum Gasteiger partial charge on any atom is -0.467 e. The van der Waals surface area contributed by atoms with Gasteiger partial charge in [-0.05, 0) is 61.1 Å².